The van der Waals surface area contributed by atoms with Crippen molar-refractivity contribution in [1.82, 2.24) is 15.0 Å². The molecule has 0 amide bonds. The standard InChI is InChI=1S/C11H10ClN3/c1-2-9-6-10(12)15-11(14-9)8-4-3-5-13-7-8/h3-7H,2H2,1H3. The number of aromatic nitrogens is 3. The first-order chi connectivity index (χ1) is 7.29. The monoisotopic (exact) mass is 219 g/mol. The van der Waals surface area contributed by atoms with Gasteiger partial charge in [-0.05, 0) is 24.6 Å². The molecule has 0 aliphatic rings. The second-order valence-electron chi connectivity index (χ2n) is 3.10. The number of hydrogen-bond donors (Lipinski definition) is 0. The molecule has 0 spiro atoms. The van der Waals surface area contributed by atoms with Gasteiger partial charge in [0.1, 0.15) is 5.15 Å². The van der Waals surface area contributed by atoms with Crippen LogP contribution in [0.5, 0.6) is 0 Å². The van der Waals surface area contributed by atoms with Crippen LogP contribution in [0.3, 0.4) is 0 Å². The number of aryl methyl sites for hydroxylation is 1. The molecule has 0 aliphatic carbocycles. The van der Waals surface area contributed by atoms with Crippen LogP contribution in [0.25, 0.3) is 11.4 Å². The van der Waals surface area contributed by atoms with Crippen molar-refractivity contribution in [2.75, 3.05) is 0 Å². The minimum absolute atomic E-state index is 0.473. The number of nitrogens with zero attached hydrogens (tertiary/aromatic N) is 3. The summed E-state index contributed by atoms with van der Waals surface area (Å²) in [4.78, 5) is 12.6. The van der Waals surface area contributed by atoms with Gasteiger partial charge in [0.25, 0.3) is 0 Å². The lowest BCUT2D eigenvalue weighted by Crippen LogP contribution is -1.95. The SMILES string of the molecule is CCc1cc(Cl)nc(-c2cccnc2)n1. The summed E-state index contributed by atoms with van der Waals surface area (Å²) in [6.07, 6.45) is 4.29. The van der Waals surface area contributed by atoms with Gasteiger partial charge in [0.15, 0.2) is 5.82 Å². The van der Waals surface area contributed by atoms with E-state index in [1.807, 2.05) is 19.1 Å². The predicted molar refractivity (Wildman–Crippen MR) is 59.7 cm³/mol. The zero-order valence-electron chi connectivity index (χ0n) is 8.31. The molecule has 0 aliphatic heterocycles. The first-order valence-electron chi connectivity index (χ1n) is 4.73. The number of rotatable bonds is 2. The van der Waals surface area contributed by atoms with Crippen molar-refractivity contribution < 1.29 is 0 Å². The van der Waals surface area contributed by atoms with E-state index in [-0.39, 0.29) is 0 Å². The van der Waals surface area contributed by atoms with Gasteiger partial charge in [-0.3, -0.25) is 4.98 Å². The normalized spacial score (nSPS) is 10.3. The summed E-state index contributed by atoms with van der Waals surface area (Å²) < 4.78 is 0. The molecule has 15 heavy (non-hydrogen) atoms. The van der Waals surface area contributed by atoms with E-state index in [1.165, 1.54) is 0 Å². The lowest BCUT2D eigenvalue weighted by atomic mass is 10.2. The van der Waals surface area contributed by atoms with E-state index in [2.05, 4.69) is 15.0 Å². The zero-order valence-corrected chi connectivity index (χ0v) is 9.07. The Morgan fingerprint density at radius 1 is 1.33 bits per heavy atom. The van der Waals surface area contributed by atoms with Crippen molar-refractivity contribution in [3.05, 3.63) is 41.4 Å². The second kappa shape index (κ2) is 4.36. The van der Waals surface area contributed by atoms with E-state index in [1.54, 1.807) is 18.5 Å². The molecule has 0 saturated heterocycles. The van der Waals surface area contributed by atoms with Crippen molar-refractivity contribution in [3.63, 3.8) is 0 Å². The van der Waals surface area contributed by atoms with Crippen LogP contribution in [0.1, 0.15) is 12.6 Å². The van der Waals surface area contributed by atoms with Gasteiger partial charge in [0.2, 0.25) is 0 Å². The lowest BCUT2D eigenvalue weighted by Gasteiger charge is -2.02. The van der Waals surface area contributed by atoms with Crippen LogP contribution < -0.4 is 0 Å². The Morgan fingerprint density at radius 2 is 2.20 bits per heavy atom. The van der Waals surface area contributed by atoms with Crippen LogP contribution >= 0.6 is 11.6 Å². The summed E-state index contributed by atoms with van der Waals surface area (Å²) in [5.41, 5.74) is 1.82. The first kappa shape index (κ1) is 10.1. The van der Waals surface area contributed by atoms with Crippen LogP contribution in [0, 0.1) is 0 Å². The van der Waals surface area contributed by atoms with Crippen molar-refractivity contribution >= 4 is 11.6 Å². The highest BCUT2D eigenvalue weighted by Crippen LogP contribution is 2.16. The molecule has 2 aromatic heterocycles. The highest BCUT2D eigenvalue weighted by atomic mass is 35.5. The van der Waals surface area contributed by atoms with E-state index >= 15 is 0 Å². The molecule has 0 N–H and O–H groups in total. The maximum absolute atomic E-state index is 5.91. The Hall–Kier alpha value is -1.48. The highest BCUT2D eigenvalue weighted by Gasteiger charge is 2.04. The molecule has 3 nitrogen and oxygen atoms in total. The zero-order chi connectivity index (χ0) is 10.7. The van der Waals surface area contributed by atoms with Gasteiger partial charge in [-0.15, -0.1) is 0 Å². The molecule has 2 aromatic rings. The lowest BCUT2D eigenvalue weighted by molar-refractivity contribution is 1.00. The number of halogens is 1. The fourth-order valence-corrected chi connectivity index (χ4v) is 1.48. The van der Waals surface area contributed by atoms with Gasteiger partial charge in [0.05, 0.1) is 0 Å². The Bertz CT molecular complexity index is 457. The van der Waals surface area contributed by atoms with Gasteiger partial charge in [-0.1, -0.05) is 18.5 Å². The summed E-state index contributed by atoms with van der Waals surface area (Å²) in [6, 6.07) is 5.55. The number of hydrogen-bond acceptors (Lipinski definition) is 3. The third-order valence-electron chi connectivity index (χ3n) is 2.03. The Morgan fingerprint density at radius 3 is 2.87 bits per heavy atom. The highest BCUT2D eigenvalue weighted by molar-refractivity contribution is 6.29. The predicted octanol–water partition coefficient (Wildman–Crippen LogP) is 2.75. The molecular formula is C11H10ClN3. The minimum Gasteiger partial charge on any atom is -0.264 e. The molecule has 0 aromatic carbocycles. The molecule has 76 valence electrons. The van der Waals surface area contributed by atoms with E-state index in [9.17, 15) is 0 Å². The maximum Gasteiger partial charge on any atom is 0.162 e. The fourth-order valence-electron chi connectivity index (χ4n) is 1.27. The average molecular weight is 220 g/mol. The van der Waals surface area contributed by atoms with Crippen LogP contribution in [0.15, 0.2) is 30.6 Å². The van der Waals surface area contributed by atoms with Gasteiger partial charge < -0.3 is 0 Å². The van der Waals surface area contributed by atoms with Crippen molar-refractivity contribution in [1.29, 1.82) is 0 Å². The Labute approximate surface area is 93.2 Å². The van der Waals surface area contributed by atoms with Crippen molar-refractivity contribution in [3.8, 4) is 11.4 Å². The Kier molecular flexibility index (Phi) is 2.92. The Balaban J connectivity index is 2.49. The molecule has 0 bridgehead atoms. The third kappa shape index (κ3) is 2.30. The summed E-state index contributed by atoms with van der Waals surface area (Å²) >= 11 is 5.91. The van der Waals surface area contributed by atoms with E-state index in [0.29, 0.717) is 11.0 Å². The average Bonchev–Trinajstić information content (AvgIpc) is 2.29. The van der Waals surface area contributed by atoms with E-state index in [0.717, 1.165) is 17.7 Å². The van der Waals surface area contributed by atoms with E-state index in [4.69, 9.17) is 11.6 Å². The van der Waals surface area contributed by atoms with Crippen LogP contribution in [0.4, 0.5) is 0 Å². The fraction of sp³-hybridized carbons (Fsp3) is 0.182. The molecule has 0 atom stereocenters. The topological polar surface area (TPSA) is 38.7 Å². The van der Waals surface area contributed by atoms with Gasteiger partial charge in [-0.25, -0.2) is 9.97 Å². The molecule has 0 saturated carbocycles. The van der Waals surface area contributed by atoms with Gasteiger partial charge >= 0.3 is 0 Å². The summed E-state index contributed by atoms with van der Waals surface area (Å²) in [6.45, 7) is 2.03. The molecular weight excluding hydrogens is 210 g/mol. The molecule has 4 heteroatoms. The van der Waals surface area contributed by atoms with Crippen molar-refractivity contribution in [2.45, 2.75) is 13.3 Å². The molecule has 0 radical (unpaired) electrons. The molecule has 0 unspecified atom stereocenters. The third-order valence-corrected chi connectivity index (χ3v) is 2.22. The molecule has 2 heterocycles. The van der Waals surface area contributed by atoms with Crippen molar-refractivity contribution in [2.24, 2.45) is 0 Å². The summed E-state index contributed by atoms with van der Waals surface area (Å²) in [5, 5.41) is 0.473. The van der Waals surface area contributed by atoms with Crippen LogP contribution in [-0.2, 0) is 6.42 Å². The van der Waals surface area contributed by atoms with Crippen LogP contribution in [0.2, 0.25) is 5.15 Å². The number of pyridine rings is 1. The first-order valence-corrected chi connectivity index (χ1v) is 5.11. The maximum atomic E-state index is 5.91. The summed E-state index contributed by atoms with van der Waals surface area (Å²) in [7, 11) is 0. The van der Waals surface area contributed by atoms with E-state index < -0.39 is 0 Å². The minimum atomic E-state index is 0.473. The summed E-state index contributed by atoms with van der Waals surface area (Å²) in [5.74, 6) is 0.632. The van der Waals surface area contributed by atoms with Gasteiger partial charge in [0, 0.05) is 23.7 Å². The van der Waals surface area contributed by atoms with Crippen LogP contribution in [-0.4, -0.2) is 15.0 Å². The van der Waals surface area contributed by atoms with Gasteiger partial charge in [-0.2, -0.15) is 0 Å². The molecule has 2 rings (SSSR count). The largest absolute Gasteiger partial charge is 0.264 e. The molecule has 0 fully saturated rings. The smallest absolute Gasteiger partial charge is 0.162 e. The quantitative estimate of drug-likeness (QED) is 0.729. The second-order valence-corrected chi connectivity index (χ2v) is 3.49.